The molecule has 2 bridgehead atoms. The molecule has 3 unspecified atom stereocenters. The van der Waals surface area contributed by atoms with Gasteiger partial charge in [-0.15, -0.1) is 0 Å². The smallest absolute Gasteiger partial charge is 0.327 e. The van der Waals surface area contributed by atoms with Crippen LogP contribution >= 0.6 is 0 Å². The highest BCUT2D eigenvalue weighted by molar-refractivity contribution is 5.95. The lowest BCUT2D eigenvalue weighted by Gasteiger charge is -2.48. The van der Waals surface area contributed by atoms with Crippen molar-refractivity contribution in [2.75, 3.05) is 6.61 Å². The Bertz CT molecular complexity index is 2300. The number of carbonyl (C=O) groups excluding carboxylic acids is 4. The number of esters is 2. The number of aliphatic hydroxyl groups is 1. The first-order chi connectivity index (χ1) is 30.8. The van der Waals surface area contributed by atoms with Gasteiger partial charge in [-0.2, -0.15) is 5.06 Å². The van der Waals surface area contributed by atoms with E-state index in [1.54, 1.807) is 50.1 Å². The van der Waals surface area contributed by atoms with E-state index in [1.165, 1.54) is 0 Å². The molecular weight excluding hydrogens is 819 g/mol. The summed E-state index contributed by atoms with van der Waals surface area (Å²) < 4.78 is 31.0. The van der Waals surface area contributed by atoms with Crippen LogP contribution in [0.5, 0.6) is 0 Å². The Morgan fingerprint density at radius 2 is 1.70 bits per heavy atom. The zero-order valence-electron chi connectivity index (χ0n) is 36.5. The van der Waals surface area contributed by atoms with E-state index in [4.69, 9.17) is 28.5 Å². The molecule has 4 saturated heterocycles. The van der Waals surface area contributed by atoms with E-state index < -0.39 is 71.1 Å². The topological polar surface area (TPSA) is 174 Å². The van der Waals surface area contributed by atoms with Crippen LogP contribution in [0.15, 0.2) is 78.9 Å². The van der Waals surface area contributed by atoms with Gasteiger partial charge in [-0.05, 0) is 92.3 Å². The molecule has 3 aromatic carbocycles. The van der Waals surface area contributed by atoms with Gasteiger partial charge < -0.3 is 39.4 Å². The molecule has 14 nitrogen and oxygen atoms in total. The first-order valence-electron chi connectivity index (χ1n) is 22.8. The third kappa shape index (κ3) is 8.40. The highest BCUT2D eigenvalue weighted by Gasteiger charge is 2.76. The fourth-order valence-electron chi connectivity index (χ4n) is 10.9. The van der Waals surface area contributed by atoms with Crippen LogP contribution in [0.3, 0.4) is 0 Å². The number of aliphatic hydroxyl groups excluding tert-OH is 1. The molecule has 4 heterocycles. The Morgan fingerprint density at radius 1 is 0.938 bits per heavy atom. The van der Waals surface area contributed by atoms with Crippen LogP contribution in [0, 0.1) is 11.3 Å². The number of hydroxylamine groups is 2. The lowest BCUT2D eigenvalue weighted by molar-refractivity contribution is -0.217. The van der Waals surface area contributed by atoms with Gasteiger partial charge in [-0.1, -0.05) is 72.8 Å². The highest BCUT2D eigenvalue weighted by atomic mass is 16.8. The number of hydrogen-bond acceptors (Lipinski definition) is 12. The number of amides is 2. The summed E-state index contributed by atoms with van der Waals surface area (Å²) in [5.41, 5.74) is 3.18. The third-order valence-corrected chi connectivity index (χ3v) is 14.0. The van der Waals surface area contributed by atoms with Crippen molar-refractivity contribution in [1.82, 2.24) is 15.7 Å². The number of nitrogens with zero attached hydrogens (tertiary/aromatic N) is 1. The fourth-order valence-corrected chi connectivity index (χ4v) is 10.9. The first-order valence-corrected chi connectivity index (χ1v) is 22.8. The van der Waals surface area contributed by atoms with E-state index in [0.717, 1.165) is 41.5 Å². The minimum atomic E-state index is -1.38. The lowest BCUT2D eigenvalue weighted by atomic mass is 9.62. The zero-order valence-corrected chi connectivity index (χ0v) is 36.5. The van der Waals surface area contributed by atoms with Crippen LogP contribution in [0.4, 0.5) is 0 Å². The zero-order chi connectivity index (χ0) is 44.4. The molecule has 338 valence electrons. The van der Waals surface area contributed by atoms with Gasteiger partial charge in [0.1, 0.15) is 35.4 Å². The van der Waals surface area contributed by atoms with Crippen molar-refractivity contribution in [3.05, 3.63) is 112 Å². The van der Waals surface area contributed by atoms with E-state index in [2.05, 4.69) is 47.1 Å². The molecule has 0 radical (unpaired) electrons. The van der Waals surface area contributed by atoms with Crippen molar-refractivity contribution in [1.29, 1.82) is 0 Å². The molecule has 6 fully saturated rings. The molecule has 14 heteroatoms. The minimum absolute atomic E-state index is 0.0308. The number of carbonyl (C=O) groups is 4. The number of ether oxygens (including phenoxy) is 5. The average Bonchev–Trinajstić information content (AvgIpc) is 3.62. The largest absolute Gasteiger partial charge is 0.460 e. The Kier molecular flexibility index (Phi) is 11.3. The molecule has 4 aliphatic heterocycles. The van der Waals surface area contributed by atoms with Gasteiger partial charge in [0.2, 0.25) is 5.91 Å². The SMILES string of the molecule is CC(C)(C)OC(=O)CC[C@@H](CO)NC(=O)c1cccc(CNC(=O)[C@@]23C[C@H]4OC(=O)[C@@H]2N(Cc2ccc(C=CC5CCC6OC6C5)cc2)O[C@@H]3[C@H]2OC3(Cc5ccccc5C3)O[C@H]24)c1. The molecule has 7 aliphatic rings. The summed E-state index contributed by atoms with van der Waals surface area (Å²) in [6.45, 7) is 5.25. The molecule has 10 rings (SSSR count). The number of allylic oxidation sites excluding steroid dienone is 1. The maximum atomic E-state index is 15.0. The average molecular weight is 876 g/mol. The van der Waals surface area contributed by atoms with Gasteiger partial charge in [0.15, 0.2) is 11.8 Å². The van der Waals surface area contributed by atoms with Crippen LogP contribution in [0.2, 0.25) is 0 Å². The Labute approximate surface area is 372 Å². The summed E-state index contributed by atoms with van der Waals surface area (Å²) in [7, 11) is 0. The number of benzene rings is 3. The first kappa shape index (κ1) is 43.0. The summed E-state index contributed by atoms with van der Waals surface area (Å²) >= 11 is 0. The van der Waals surface area contributed by atoms with Gasteiger partial charge in [0, 0.05) is 37.8 Å². The Morgan fingerprint density at radius 3 is 2.44 bits per heavy atom. The van der Waals surface area contributed by atoms with Gasteiger partial charge >= 0.3 is 11.9 Å². The summed E-state index contributed by atoms with van der Waals surface area (Å²) in [6, 6.07) is 21.4. The summed E-state index contributed by atoms with van der Waals surface area (Å²) in [5.74, 6) is -2.26. The molecule has 10 atom stereocenters. The molecule has 0 aromatic heterocycles. The molecule has 2 amide bonds. The normalized spacial score (nSPS) is 31.2. The maximum absolute atomic E-state index is 15.0. The second-order valence-electron chi connectivity index (χ2n) is 19.7. The van der Waals surface area contributed by atoms with Gasteiger partial charge in [0.05, 0.1) is 31.4 Å². The predicted molar refractivity (Wildman–Crippen MR) is 231 cm³/mol. The molecule has 1 spiro atoms. The highest BCUT2D eigenvalue weighted by Crippen LogP contribution is 2.58. The summed E-state index contributed by atoms with van der Waals surface area (Å²) in [5, 5.41) is 17.5. The van der Waals surface area contributed by atoms with Gasteiger partial charge in [0.25, 0.3) is 5.91 Å². The molecule has 3 aromatic rings. The minimum Gasteiger partial charge on any atom is -0.460 e. The van der Waals surface area contributed by atoms with Crippen molar-refractivity contribution in [3.8, 4) is 0 Å². The van der Waals surface area contributed by atoms with Crippen LogP contribution in [0.1, 0.15) is 97.5 Å². The van der Waals surface area contributed by atoms with E-state index in [9.17, 15) is 24.3 Å². The third-order valence-electron chi connectivity index (χ3n) is 14.0. The van der Waals surface area contributed by atoms with Crippen molar-refractivity contribution < 1.29 is 52.8 Å². The number of hydrogen-bond donors (Lipinski definition) is 3. The monoisotopic (exact) mass is 875 g/mol. The molecule has 64 heavy (non-hydrogen) atoms. The van der Waals surface area contributed by atoms with E-state index >= 15 is 0 Å². The Hall–Kier alpha value is -4.96. The maximum Gasteiger partial charge on any atom is 0.327 e. The number of rotatable bonds is 13. The van der Waals surface area contributed by atoms with Crippen LogP contribution in [0.25, 0.3) is 6.08 Å². The molecule has 3 N–H and O–H groups in total. The van der Waals surface area contributed by atoms with Crippen molar-refractivity contribution >= 4 is 29.8 Å². The number of fused-ring (bicyclic) bond motifs is 6. The summed E-state index contributed by atoms with van der Waals surface area (Å²) in [6.07, 6.45) is 7.16. The molecule has 2 saturated carbocycles. The van der Waals surface area contributed by atoms with Gasteiger partial charge in [-0.3, -0.25) is 24.0 Å². The quantitative estimate of drug-likeness (QED) is 0.157. The lowest BCUT2D eigenvalue weighted by Crippen LogP contribution is -2.69. The van der Waals surface area contributed by atoms with E-state index in [1.807, 2.05) is 24.3 Å². The number of nitrogens with one attached hydrogen (secondary N) is 2. The van der Waals surface area contributed by atoms with E-state index in [-0.39, 0.29) is 44.9 Å². The van der Waals surface area contributed by atoms with Crippen molar-refractivity contribution in [3.63, 3.8) is 0 Å². The second-order valence-corrected chi connectivity index (χ2v) is 19.7. The van der Waals surface area contributed by atoms with E-state index in [0.29, 0.717) is 42.1 Å². The van der Waals surface area contributed by atoms with Crippen LogP contribution in [-0.2, 0) is 68.8 Å². The summed E-state index contributed by atoms with van der Waals surface area (Å²) in [4.78, 5) is 61.7. The molecular formula is C50H57N3O11. The Balaban J connectivity index is 0.864. The fraction of sp³-hybridized carbons (Fsp3) is 0.520. The molecule has 3 aliphatic carbocycles. The van der Waals surface area contributed by atoms with Crippen LogP contribution in [-0.4, -0.2) is 101 Å². The van der Waals surface area contributed by atoms with Crippen molar-refractivity contribution in [2.45, 2.75) is 145 Å². The van der Waals surface area contributed by atoms with Crippen LogP contribution < -0.4 is 10.6 Å². The standard InChI is InChI=1S/C50H57N3O11/c1-48(2,3)61-40(55)20-18-36(28-54)52-45(56)33-10-6-7-32(21-33)26-51-47(58)50-25-39-41-42(63-49(62-41)23-34-8-4-5-9-35(34)24-49)44(50)64-53(43(50)46(57)60-39)27-31-15-12-29(13-16-31)11-14-30-17-19-37-38(22-30)59-37/h4-16,21,30,36-39,41-44,54H,17-20,22-28H2,1-3H3,(H,51,58)(H,52,56)/t30?,36-,37?,38?,39+,41-,42-,43-,44+,50-/m0/s1. The second kappa shape index (κ2) is 16.8. The van der Waals surface area contributed by atoms with Crippen molar-refractivity contribution in [2.24, 2.45) is 11.3 Å². The number of epoxide rings is 1. The van der Waals surface area contributed by atoms with Gasteiger partial charge in [-0.25, -0.2) is 0 Å². The predicted octanol–water partition coefficient (Wildman–Crippen LogP) is 4.88.